The van der Waals surface area contributed by atoms with Gasteiger partial charge in [-0.3, -0.25) is 4.79 Å². The molecular formula is C17H23FN2O3. The Morgan fingerprint density at radius 3 is 3.04 bits per heavy atom. The molecule has 1 aromatic carbocycles. The van der Waals surface area contributed by atoms with Crippen LogP contribution in [0.15, 0.2) is 24.4 Å². The van der Waals surface area contributed by atoms with Crippen LogP contribution in [-0.4, -0.2) is 55.3 Å². The third-order valence-corrected chi connectivity index (χ3v) is 4.18. The van der Waals surface area contributed by atoms with Gasteiger partial charge in [0.25, 0.3) is 0 Å². The summed E-state index contributed by atoms with van der Waals surface area (Å²) in [6.07, 6.45) is 3.08. The maximum atomic E-state index is 13.2. The zero-order valence-corrected chi connectivity index (χ0v) is 13.2. The predicted molar refractivity (Wildman–Crippen MR) is 86.9 cm³/mol. The van der Waals surface area contributed by atoms with Crippen LogP contribution in [0.4, 0.5) is 4.39 Å². The van der Waals surface area contributed by atoms with Crippen LogP contribution in [0.5, 0.6) is 0 Å². The average molecular weight is 322 g/mol. The Kier molecular flexibility index (Phi) is 4.93. The van der Waals surface area contributed by atoms with E-state index in [1.54, 1.807) is 13.2 Å². The van der Waals surface area contributed by atoms with Gasteiger partial charge in [-0.2, -0.15) is 0 Å². The number of rotatable bonds is 7. The molecule has 5 nitrogen and oxygen atoms in total. The van der Waals surface area contributed by atoms with Crippen molar-refractivity contribution in [2.24, 2.45) is 0 Å². The van der Waals surface area contributed by atoms with Crippen molar-refractivity contribution in [1.82, 2.24) is 9.88 Å². The molecule has 1 amide bonds. The molecule has 3 rings (SSSR count). The van der Waals surface area contributed by atoms with Gasteiger partial charge in [0.15, 0.2) is 0 Å². The molecule has 1 saturated heterocycles. The van der Waals surface area contributed by atoms with Gasteiger partial charge in [0, 0.05) is 45.1 Å². The third kappa shape index (κ3) is 3.71. The van der Waals surface area contributed by atoms with Crippen molar-refractivity contribution in [2.75, 3.05) is 33.4 Å². The highest BCUT2D eigenvalue weighted by Crippen LogP contribution is 2.21. The van der Waals surface area contributed by atoms with Gasteiger partial charge in [-0.1, -0.05) is 0 Å². The molecule has 0 aliphatic carbocycles. The average Bonchev–Trinajstić information content (AvgIpc) is 2.89. The van der Waals surface area contributed by atoms with E-state index in [-0.39, 0.29) is 19.3 Å². The molecule has 23 heavy (non-hydrogen) atoms. The van der Waals surface area contributed by atoms with Crippen LogP contribution in [0.25, 0.3) is 10.9 Å². The summed E-state index contributed by atoms with van der Waals surface area (Å²) in [5, 5.41) is 0.976. The number of likely N-dealkylation sites (tertiary alicyclic amines) is 1. The smallest absolute Gasteiger partial charge is 0.223 e. The first kappa shape index (κ1) is 16.0. The minimum absolute atomic E-state index is 0. The van der Waals surface area contributed by atoms with Gasteiger partial charge in [-0.05, 0) is 30.2 Å². The fourth-order valence-corrected chi connectivity index (χ4v) is 2.81. The van der Waals surface area contributed by atoms with Gasteiger partial charge < -0.3 is 19.4 Å². The molecule has 2 aromatic rings. The summed E-state index contributed by atoms with van der Waals surface area (Å²) in [7, 11) is 1.64. The van der Waals surface area contributed by atoms with Gasteiger partial charge in [-0.25, -0.2) is 4.39 Å². The second kappa shape index (κ2) is 7.10. The van der Waals surface area contributed by atoms with Crippen molar-refractivity contribution in [2.45, 2.75) is 18.9 Å². The predicted octanol–water partition coefficient (Wildman–Crippen LogP) is 2.36. The van der Waals surface area contributed by atoms with E-state index in [0.717, 1.165) is 16.5 Å². The quantitative estimate of drug-likeness (QED) is 0.796. The topological polar surface area (TPSA) is 54.6 Å². The number of H-pyrrole nitrogens is 1. The van der Waals surface area contributed by atoms with Crippen LogP contribution in [-0.2, 0) is 20.7 Å². The second-order valence-corrected chi connectivity index (χ2v) is 5.79. The monoisotopic (exact) mass is 322 g/mol. The van der Waals surface area contributed by atoms with Crippen LogP contribution < -0.4 is 0 Å². The largest absolute Gasteiger partial charge is 0.382 e. The van der Waals surface area contributed by atoms with E-state index < -0.39 is 0 Å². The number of nitrogens with zero attached hydrogens (tertiary/aromatic N) is 1. The molecule has 2 heterocycles. The minimum atomic E-state index is -0.262. The fourth-order valence-electron chi connectivity index (χ4n) is 2.81. The van der Waals surface area contributed by atoms with Crippen LogP contribution in [0.1, 0.15) is 13.4 Å². The summed E-state index contributed by atoms with van der Waals surface area (Å²) in [6, 6.07) is 4.67. The Hall–Kier alpha value is -1.92. The molecule has 0 saturated carbocycles. The molecular weight excluding hydrogens is 299 g/mol. The second-order valence-electron chi connectivity index (χ2n) is 5.79. The zero-order chi connectivity index (χ0) is 16.2. The first-order chi connectivity index (χ1) is 11.2. The van der Waals surface area contributed by atoms with Crippen LogP contribution in [0.3, 0.4) is 0 Å². The third-order valence-electron chi connectivity index (χ3n) is 4.18. The number of methoxy groups -OCH3 is 1. The van der Waals surface area contributed by atoms with Crippen molar-refractivity contribution in [3.8, 4) is 0 Å². The lowest BCUT2D eigenvalue weighted by Crippen LogP contribution is -2.55. The number of aromatic amines is 1. The van der Waals surface area contributed by atoms with Crippen molar-refractivity contribution in [3.63, 3.8) is 0 Å². The molecule has 6 heteroatoms. The maximum absolute atomic E-state index is 13.2. The van der Waals surface area contributed by atoms with Gasteiger partial charge in [0.2, 0.25) is 5.91 Å². The molecule has 1 aliphatic rings. The van der Waals surface area contributed by atoms with Gasteiger partial charge in [0.05, 0.1) is 19.3 Å². The summed E-state index contributed by atoms with van der Waals surface area (Å²) in [4.78, 5) is 17.0. The maximum Gasteiger partial charge on any atom is 0.223 e. The molecule has 1 fully saturated rings. The minimum Gasteiger partial charge on any atom is -0.382 e. The first-order valence-electron chi connectivity index (χ1n) is 7.81. The summed E-state index contributed by atoms with van der Waals surface area (Å²) in [5.41, 5.74) is 1.81. The van der Waals surface area contributed by atoms with Gasteiger partial charge in [-0.15, -0.1) is 0 Å². The number of ether oxygens (including phenoxy) is 2. The Bertz CT molecular complexity index is 686. The highest BCUT2D eigenvalue weighted by atomic mass is 19.1. The number of nitrogens with one attached hydrogen (secondary N) is 1. The van der Waals surface area contributed by atoms with Crippen LogP contribution >= 0.6 is 0 Å². The van der Waals surface area contributed by atoms with Crippen LogP contribution in [0.2, 0.25) is 0 Å². The van der Waals surface area contributed by atoms with Crippen molar-refractivity contribution in [3.05, 3.63) is 35.8 Å². The number of benzene rings is 1. The van der Waals surface area contributed by atoms with Crippen LogP contribution in [0, 0.1) is 5.82 Å². The van der Waals surface area contributed by atoms with E-state index in [1.165, 1.54) is 12.1 Å². The number of aromatic nitrogens is 1. The Morgan fingerprint density at radius 1 is 1.43 bits per heavy atom. The number of carbonyl (C=O) groups is 1. The van der Waals surface area contributed by atoms with Crippen molar-refractivity contribution >= 4 is 16.8 Å². The Morgan fingerprint density at radius 2 is 2.26 bits per heavy atom. The standard InChI is InChI=1S/C17H21FN2O3.H2/c1-22-6-7-23-14-10-20(11-14)17(21)5-2-12-9-19-16-8-13(18)3-4-15(12)16;/h3-4,8-9,14,19H,2,5-7,10-11H2,1H3;1H. The summed E-state index contributed by atoms with van der Waals surface area (Å²) < 4.78 is 23.7. The summed E-state index contributed by atoms with van der Waals surface area (Å²) in [6.45, 7) is 2.45. The lowest BCUT2D eigenvalue weighted by Gasteiger charge is -2.39. The normalized spacial score (nSPS) is 15.1. The van der Waals surface area contributed by atoms with Gasteiger partial charge in [0.1, 0.15) is 5.82 Å². The molecule has 0 radical (unpaired) electrons. The van der Waals surface area contributed by atoms with E-state index in [9.17, 15) is 9.18 Å². The number of hydrogen-bond acceptors (Lipinski definition) is 3. The summed E-state index contributed by atoms with van der Waals surface area (Å²) in [5.74, 6) is -0.130. The van der Waals surface area contributed by atoms with Crippen molar-refractivity contribution < 1.29 is 20.1 Å². The lowest BCUT2D eigenvalue weighted by atomic mass is 10.1. The number of halogens is 1. The fraction of sp³-hybridized carbons (Fsp3) is 0.471. The van der Waals surface area contributed by atoms with E-state index in [2.05, 4.69) is 4.98 Å². The van der Waals surface area contributed by atoms with Crippen molar-refractivity contribution in [1.29, 1.82) is 0 Å². The molecule has 1 N–H and O–H groups in total. The molecule has 0 atom stereocenters. The van der Waals surface area contributed by atoms with E-state index >= 15 is 0 Å². The SMILES string of the molecule is COCCOC1CN(C(=O)CCc2c[nH]c3cc(F)ccc23)C1.[HH]. The molecule has 126 valence electrons. The zero-order valence-electron chi connectivity index (χ0n) is 13.2. The molecule has 0 spiro atoms. The summed E-state index contributed by atoms with van der Waals surface area (Å²) >= 11 is 0. The lowest BCUT2D eigenvalue weighted by molar-refractivity contribution is -0.145. The number of hydrogen-bond donors (Lipinski definition) is 1. The van der Waals surface area contributed by atoms with E-state index in [0.29, 0.717) is 39.1 Å². The van der Waals surface area contributed by atoms with E-state index in [4.69, 9.17) is 9.47 Å². The van der Waals surface area contributed by atoms with Gasteiger partial charge >= 0.3 is 0 Å². The molecule has 0 unspecified atom stereocenters. The molecule has 1 aliphatic heterocycles. The first-order valence-corrected chi connectivity index (χ1v) is 7.81. The molecule has 1 aromatic heterocycles. The number of fused-ring (bicyclic) bond motifs is 1. The molecule has 0 bridgehead atoms. The highest BCUT2D eigenvalue weighted by Gasteiger charge is 2.30. The Balaban J connectivity index is 0.00000208. The number of amides is 1. The number of carbonyl (C=O) groups excluding carboxylic acids is 1. The Labute approximate surface area is 135 Å². The van der Waals surface area contributed by atoms with E-state index in [1.807, 2.05) is 11.1 Å². The highest BCUT2D eigenvalue weighted by molar-refractivity contribution is 5.84. The number of aryl methyl sites for hydroxylation is 1.